The normalized spacial score (nSPS) is 24.6. The quantitative estimate of drug-likeness (QED) is 0.831. The first-order valence-corrected chi connectivity index (χ1v) is 7.20. The summed E-state index contributed by atoms with van der Waals surface area (Å²) in [5.74, 6) is 0.649. The van der Waals surface area contributed by atoms with Crippen LogP contribution < -0.4 is 5.32 Å². The molecule has 2 unspecified atom stereocenters. The van der Waals surface area contributed by atoms with Gasteiger partial charge in [-0.05, 0) is 52.9 Å². The number of rotatable bonds is 3. The van der Waals surface area contributed by atoms with Crippen molar-refractivity contribution in [1.82, 2.24) is 0 Å². The second-order valence-electron chi connectivity index (χ2n) is 4.91. The third-order valence-corrected chi connectivity index (χ3v) is 4.26. The van der Waals surface area contributed by atoms with Gasteiger partial charge in [-0.15, -0.1) is 0 Å². The lowest BCUT2D eigenvalue weighted by Gasteiger charge is -2.29. The van der Waals surface area contributed by atoms with Crippen molar-refractivity contribution in [2.24, 2.45) is 5.92 Å². The zero-order chi connectivity index (χ0) is 12.3. The van der Waals surface area contributed by atoms with Gasteiger partial charge in [0.25, 0.3) is 0 Å². The molecule has 0 spiro atoms. The molecule has 0 heterocycles. The molecule has 2 rings (SSSR count). The van der Waals surface area contributed by atoms with Gasteiger partial charge >= 0.3 is 0 Å². The number of benzene rings is 1. The summed E-state index contributed by atoms with van der Waals surface area (Å²) >= 11 is 3.22. The summed E-state index contributed by atoms with van der Waals surface area (Å²) in [5, 5.41) is 3.52. The summed E-state index contributed by atoms with van der Waals surface area (Å²) in [6.45, 7) is 2.27. The van der Waals surface area contributed by atoms with Crippen molar-refractivity contribution < 1.29 is 4.39 Å². The molecule has 0 aromatic heterocycles. The standard InChI is InChI=1S/C14H19BrFN/c1-2-10-4-3-5-11(8-10)17-12-6-7-14(16)13(15)9-12/h6-7,9-11,17H,2-5,8H2,1H3. The van der Waals surface area contributed by atoms with E-state index in [4.69, 9.17) is 0 Å². The molecule has 0 amide bonds. The van der Waals surface area contributed by atoms with Crippen molar-refractivity contribution in [2.45, 2.75) is 45.1 Å². The van der Waals surface area contributed by atoms with Gasteiger partial charge in [0, 0.05) is 11.7 Å². The molecule has 3 heteroatoms. The summed E-state index contributed by atoms with van der Waals surface area (Å²) in [6.07, 6.45) is 6.41. The first-order chi connectivity index (χ1) is 8.19. The molecule has 1 aliphatic rings. The average Bonchev–Trinajstić information content (AvgIpc) is 2.34. The van der Waals surface area contributed by atoms with E-state index in [2.05, 4.69) is 28.2 Å². The highest BCUT2D eigenvalue weighted by Gasteiger charge is 2.20. The Morgan fingerprint density at radius 2 is 2.24 bits per heavy atom. The maximum Gasteiger partial charge on any atom is 0.137 e. The molecule has 0 radical (unpaired) electrons. The lowest BCUT2D eigenvalue weighted by molar-refractivity contribution is 0.327. The van der Waals surface area contributed by atoms with Gasteiger partial charge in [0.15, 0.2) is 0 Å². The first kappa shape index (κ1) is 12.9. The minimum absolute atomic E-state index is 0.203. The zero-order valence-corrected chi connectivity index (χ0v) is 11.8. The monoisotopic (exact) mass is 299 g/mol. The van der Waals surface area contributed by atoms with Gasteiger partial charge in [0.05, 0.1) is 4.47 Å². The van der Waals surface area contributed by atoms with Crippen LogP contribution in [0.1, 0.15) is 39.0 Å². The van der Waals surface area contributed by atoms with Crippen LogP contribution >= 0.6 is 15.9 Å². The molecule has 0 bridgehead atoms. The van der Waals surface area contributed by atoms with Crippen molar-refractivity contribution in [2.75, 3.05) is 5.32 Å². The smallest absolute Gasteiger partial charge is 0.137 e. The van der Waals surface area contributed by atoms with Gasteiger partial charge in [-0.25, -0.2) is 4.39 Å². The van der Waals surface area contributed by atoms with Crippen LogP contribution in [0.15, 0.2) is 22.7 Å². The van der Waals surface area contributed by atoms with E-state index in [0.717, 1.165) is 11.6 Å². The van der Waals surface area contributed by atoms with Crippen LogP contribution in [0.2, 0.25) is 0 Å². The molecule has 94 valence electrons. The average molecular weight is 300 g/mol. The van der Waals surface area contributed by atoms with E-state index in [1.807, 2.05) is 12.1 Å². The Hall–Kier alpha value is -0.570. The van der Waals surface area contributed by atoms with Crippen molar-refractivity contribution in [3.63, 3.8) is 0 Å². The van der Waals surface area contributed by atoms with Crippen LogP contribution in [0.3, 0.4) is 0 Å². The third-order valence-electron chi connectivity index (χ3n) is 3.65. The van der Waals surface area contributed by atoms with Crippen molar-refractivity contribution in [3.05, 3.63) is 28.5 Å². The predicted octanol–water partition coefficient (Wildman–Crippen LogP) is 4.97. The zero-order valence-electron chi connectivity index (χ0n) is 10.2. The van der Waals surface area contributed by atoms with Crippen LogP contribution in [0.4, 0.5) is 10.1 Å². The molecular weight excluding hydrogens is 281 g/mol. The van der Waals surface area contributed by atoms with E-state index in [9.17, 15) is 4.39 Å². The second-order valence-corrected chi connectivity index (χ2v) is 5.77. The Bertz CT molecular complexity index is 380. The van der Waals surface area contributed by atoms with E-state index < -0.39 is 0 Å². The van der Waals surface area contributed by atoms with Gasteiger partial charge in [0.2, 0.25) is 0 Å². The molecule has 1 fully saturated rings. The van der Waals surface area contributed by atoms with Crippen molar-refractivity contribution in [1.29, 1.82) is 0 Å². The molecule has 17 heavy (non-hydrogen) atoms. The Kier molecular flexibility index (Phi) is 4.43. The summed E-state index contributed by atoms with van der Waals surface area (Å²) in [4.78, 5) is 0. The maximum atomic E-state index is 13.1. The highest BCUT2D eigenvalue weighted by Crippen LogP contribution is 2.29. The fourth-order valence-electron chi connectivity index (χ4n) is 2.61. The Balaban J connectivity index is 1.97. The Morgan fingerprint density at radius 1 is 1.41 bits per heavy atom. The molecule has 0 saturated heterocycles. The minimum Gasteiger partial charge on any atom is -0.382 e. The number of hydrogen-bond acceptors (Lipinski definition) is 1. The number of nitrogens with one attached hydrogen (secondary N) is 1. The lowest BCUT2D eigenvalue weighted by atomic mass is 9.84. The Morgan fingerprint density at radius 3 is 2.94 bits per heavy atom. The van der Waals surface area contributed by atoms with Crippen LogP contribution in [0.5, 0.6) is 0 Å². The minimum atomic E-state index is -0.203. The molecular formula is C14H19BrFN. The molecule has 1 aliphatic carbocycles. The van der Waals surface area contributed by atoms with Gasteiger partial charge in [-0.3, -0.25) is 0 Å². The first-order valence-electron chi connectivity index (χ1n) is 6.40. The third kappa shape index (κ3) is 3.44. The Labute approximate surface area is 111 Å². The van der Waals surface area contributed by atoms with E-state index in [1.54, 1.807) is 0 Å². The summed E-state index contributed by atoms with van der Waals surface area (Å²) in [6, 6.07) is 5.69. The highest BCUT2D eigenvalue weighted by molar-refractivity contribution is 9.10. The predicted molar refractivity (Wildman–Crippen MR) is 73.8 cm³/mol. The van der Waals surface area contributed by atoms with Crippen molar-refractivity contribution >= 4 is 21.6 Å². The van der Waals surface area contributed by atoms with E-state index in [1.165, 1.54) is 38.2 Å². The van der Waals surface area contributed by atoms with Gasteiger partial charge in [-0.1, -0.05) is 26.2 Å². The lowest BCUT2D eigenvalue weighted by Crippen LogP contribution is -2.27. The highest BCUT2D eigenvalue weighted by atomic mass is 79.9. The number of hydrogen-bond donors (Lipinski definition) is 1. The molecule has 1 N–H and O–H groups in total. The SMILES string of the molecule is CCC1CCCC(Nc2ccc(F)c(Br)c2)C1. The fourth-order valence-corrected chi connectivity index (χ4v) is 2.99. The largest absolute Gasteiger partial charge is 0.382 e. The van der Waals surface area contributed by atoms with Gasteiger partial charge < -0.3 is 5.32 Å². The number of halogens is 2. The van der Waals surface area contributed by atoms with Gasteiger partial charge in [0.1, 0.15) is 5.82 Å². The second kappa shape index (κ2) is 5.85. The molecule has 1 saturated carbocycles. The van der Waals surface area contributed by atoms with Crippen LogP contribution in [-0.4, -0.2) is 6.04 Å². The molecule has 0 aliphatic heterocycles. The number of anilines is 1. The van der Waals surface area contributed by atoms with Crippen LogP contribution in [-0.2, 0) is 0 Å². The molecule has 1 aromatic carbocycles. The van der Waals surface area contributed by atoms with Gasteiger partial charge in [-0.2, -0.15) is 0 Å². The molecule has 1 aromatic rings. The maximum absolute atomic E-state index is 13.1. The molecule has 1 nitrogen and oxygen atoms in total. The van der Waals surface area contributed by atoms with Crippen LogP contribution in [0, 0.1) is 11.7 Å². The van der Waals surface area contributed by atoms with E-state index >= 15 is 0 Å². The van der Waals surface area contributed by atoms with Crippen molar-refractivity contribution in [3.8, 4) is 0 Å². The van der Waals surface area contributed by atoms with E-state index in [0.29, 0.717) is 10.5 Å². The summed E-state index contributed by atoms with van der Waals surface area (Å²) in [7, 11) is 0. The molecule has 2 atom stereocenters. The summed E-state index contributed by atoms with van der Waals surface area (Å²) in [5.41, 5.74) is 1.01. The summed E-state index contributed by atoms with van der Waals surface area (Å²) < 4.78 is 13.7. The topological polar surface area (TPSA) is 12.0 Å². The van der Waals surface area contributed by atoms with Crippen LogP contribution in [0.25, 0.3) is 0 Å². The fraction of sp³-hybridized carbons (Fsp3) is 0.571. The van der Waals surface area contributed by atoms with E-state index in [-0.39, 0.29) is 5.82 Å².